The molecule has 23 heavy (non-hydrogen) atoms. The highest BCUT2D eigenvalue weighted by Gasteiger charge is 2.29. The SMILES string of the molecule is c1ccc(CN2CCO[C@@H](c3nc([C@H]4CCOC4)no3)C2)cc1. The second kappa shape index (κ2) is 6.78. The largest absolute Gasteiger partial charge is 0.381 e. The van der Waals surface area contributed by atoms with E-state index in [0.29, 0.717) is 19.1 Å². The number of benzene rings is 1. The van der Waals surface area contributed by atoms with Crippen molar-refractivity contribution in [1.82, 2.24) is 15.0 Å². The normalized spacial score (nSPS) is 25.7. The minimum absolute atomic E-state index is 0.143. The number of aromatic nitrogens is 2. The maximum Gasteiger partial charge on any atom is 0.257 e. The summed E-state index contributed by atoms with van der Waals surface area (Å²) in [4.78, 5) is 6.92. The summed E-state index contributed by atoms with van der Waals surface area (Å²) >= 11 is 0. The Kier molecular flexibility index (Phi) is 4.37. The number of nitrogens with zero attached hydrogens (tertiary/aromatic N) is 3. The lowest BCUT2D eigenvalue weighted by Crippen LogP contribution is -2.37. The van der Waals surface area contributed by atoms with Gasteiger partial charge in [0.25, 0.3) is 5.89 Å². The predicted molar refractivity (Wildman–Crippen MR) is 82.9 cm³/mol. The van der Waals surface area contributed by atoms with E-state index in [9.17, 15) is 0 Å². The van der Waals surface area contributed by atoms with E-state index < -0.39 is 0 Å². The Bertz CT molecular complexity index is 625. The Hall–Kier alpha value is -1.76. The Labute approximate surface area is 135 Å². The number of hydrogen-bond donors (Lipinski definition) is 0. The van der Waals surface area contributed by atoms with E-state index in [2.05, 4.69) is 39.3 Å². The molecule has 6 nitrogen and oxygen atoms in total. The van der Waals surface area contributed by atoms with Gasteiger partial charge in [-0.25, -0.2) is 0 Å². The molecule has 122 valence electrons. The van der Waals surface area contributed by atoms with Crippen molar-refractivity contribution < 1.29 is 14.0 Å². The fourth-order valence-electron chi connectivity index (χ4n) is 3.12. The summed E-state index contributed by atoms with van der Waals surface area (Å²) in [7, 11) is 0. The van der Waals surface area contributed by atoms with Gasteiger partial charge in [-0.1, -0.05) is 35.5 Å². The van der Waals surface area contributed by atoms with Gasteiger partial charge in [0, 0.05) is 32.2 Å². The number of morpholine rings is 1. The van der Waals surface area contributed by atoms with Gasteiger partial charge in [0.05, 0.1) is 13.2 Å². The van der Waals surface area contributed by atoms with Crippen LogP contribution in [-0.2, 0) is 16.0 Å². The van der Waals surface area contributed by atoms with Gasteiger partial charge >= 0.3 is 0 Å². The molecule has 2 aliphatic heterocycles. The third kappa shape index (κ3) is 3.44. The van der Waals surface area contributed by atoms with Crippen LogP contribution in [0.2, 0.25) is 0 Å². The highest BCUT2D eigenvalue weighted by Crippen LogP contribution is 2.26. The zero-order valence-electron chi connectivity index (χ0n) is 13.1. The molecule has 2 atom stereocenters. The molecule has 2 aliphatic rings. The van der Waals surface area contributed by atoms with Crippen molar-refractivity contribution in [2.24, 2.45) is 0 Å². The van der Waals surface area contributed by atoms with E-state index in [0.717, 1.165) is 38.5 Å². The van der Waals surface area contributed by atoms with E-state index >= 15 is 0 Å². The van der Waals surface area contributed by atoms with Gasteiger partial charge in [0.15, 0.2) is 5.82 Å². The van der Waals surface area contributed by atoms with Crippen molar-refractivity contribution in [3.63, 3.8) is 0 Å². The van der Waals surface area contributed by atoms with Crippen LogP contribution >= 0.6 is 0 Å². The highest BCUT2D eigenvalue weighted by atomic mass is 16.5. The summed E-state index contributed by atoms with van der Waals surface area (Å²) in [6.07, 6.45) is 0.820. The molecular formula is C17H21N3O3. The first-order chi connectivity index (χ1) is 11.4. The highest BCUT2D eigenvalue weighted by molar-refractivity contribution is 5.14. The molecule has 0 N–H and O–H groups in total. The van der Waals surface area contributed by atoms with Gasteiger partial charge in [-0.05, 0) is 12.0 Å². The Morgan fingerprint density at radius 3 is 2.91 bits per heavy atom. The van der Waals surface area contributed by atoms with Gasteiger partial charge in [-0.3, -0.25) is 4.90 Å². The zero-order chi connectivity index (χ0) is 15.5. The first kappa shape index (κ1) is 14.8. The maximum atomic E-state index is 5.84. The Morgan fingerprint density at radius 2 is 2.09 bits per heavy atom. The van der Waals surface area contributed by atoms with Crippen molar-refractivity contribution >= 4 is 0 Å². The van der Waals surface area contributed by atoms with Crippen LogP contribution < -0.4 is 0 Å². The molecule has 0 amide bonds. The minimum Gasteiger partial charge on any atom is -0.381 e. The second-order valence-corrected chi connectivity index (χ2v) is 6.13. The van der Waals surface area contributed by atoms with Crippen LogP contribution in [0.5, 0.6) is 0 Å². The van der Waals surface area contributed by atoms with E-state index in [4.69, 9.17) is 14.0 Å². The fraction of sp³-hybridized carbons (Fsp3) is 0.529. The molecule has 0 radical (unpaired) electrons. The van der Waals surface area contributed by atoms with Gasteiger partial charge in [-0.15, -0.1) is 0 Å². The van der Waals surface area contributed by atoms with Crippen LogP contribution in [0, 0.1) is 0 Å². The third-order valence-electron chi connectivity index (χ3n) is 4.43. The molecule has 0 aliphatic carbocycles. The first-order valence-electron chi connectivity index (χ1n) is 8.17. The van der Waals surface area contributed by atoms with Crippen molar-refractivity contribution in [2.75, 3.05) is 32.9 Å². The molecule has 2 fully saturated rings. The molecule has 1 aromatic carbocycles. The van der Waals surface area contributed by atoms with Crippen molar-refractivity contribution in [3.05, 3.63) is 47.6 Å². The summed E-state index contributed by atoms with van der Waals surface area (Å²) in [6, 6.07) is 10.5. The summed E-state index contributed by atoms with van der Waals surface area (Å²) < 4.78 is 16.7. The molecule has 1 aromatic heterocycles. The number of ether oxygens (including phenoxy) is 2. The third-order valence-corrected chi connectivity index (χ3v) is 4.43. The first-order valence-corrected chi connectivity index (χ1v) is 8.17. The fourth-order valence-corrected chi connectivity index (χ4v) is 3.12. The summed E-state index contributed by atoms with van der Waals surface area (Å²) in [6.45, 7) is 4.75. The summed E-state index contributed by atoms with van der Waals surface area (Å²) in [5.41, 5.74) is 1.31. The Balaban J connectivity index is 1.41. The molecular weight excluding hydrogens is 294 g/mol. The van der Waals surface area contributed by atoms with Crippen LogP contribution in [0.15, 0.2) is 34.9 Å². The maximum absolute atomic E-state index is 5.84. The lowest BCUT2D eigenvalue weighted by Gasteiger charge is -2.31. The lowest BCUT2D eigenvalue weighted by molar-refractivity contribution is -0.0475. The van der Waals surface area contributed by atoms with Gasteiger partial charge < -0.3 is 14.0 Å². The van der Waals surface area contributed by atoms with Crippen molar-refractivity contribution in [3.8, 4) is 0 Å². The molecule has 2 aromatic rings. The molecule has 3 heterocycles. The van der Waals surface area contributed by atoms with Crippen LogP contribution in [0.1, 0.15) is 35.7 Å². The molecule has 4 rings (SSSR count). The zero-order valence-corrected chi connectivity index (χ0v) is 13.1. The minimum atomic E-state index is -0.143. The average molecular weight is 315 g/mol. The van der Waals surface area contributed by atoms with Crippen molar-refractivity contribution in [1.29, 1.82) is 0 Å². The van der Waals surface area contributed by atoms with Gasteiger partial charge in [0.2, 0.25) is 0 Å². The smallest absolute Gasteiger partial charge is 0.257 e. The van der Waals surface area contributed by atoms with Crippen LogP contribution in [0.25, 0.3) is 0 Å². The van der Waals surface area contributed by atoms with Crippen LogP contribution in [0.4, 0.5) is 0 Å². The standard InChI is InChI=1S/C17H21N3O3/c1-2-4-13(5-3-1)10-20-7-9-22-15(11-20)17-18-16(19-23-17)14-6-8-21-12-14/h1-5,14-15H,6-12H2/t14-,15+/m0/s1. The van der Waals surface area contributed by atoms with Crippen molar-refractivity contribution in [2.45, 2.75) is 25.0 Å². The van der Waals surface area contributed by atoms with E-state index in [1.165, 1.54) is 5.56 Å². The lowest BCUT2D eigenvalue weighted by atomic mass is 10.1. The number of rotatable bonds is 4. The number of hydrogen-bond acceptors (Lipinski definition) is 6. The summed E-state index contributed by atoms with van der Waals surface area (Å²) in [5, 5.41) is 4.12. The van der Waals surface area contributed by atoms with Gasteiger partial charge in [0.1, 0.15) is 6.10 Å². The quantitative estimate of drug-likeness (QED) is 0.861. The molecule has 0 spiro atoms. The van der Waals surface area contributed by atoms with E-state index in [-0.39, 0.29) is 12.0 Å². The second-order valence-electron chi connectivity index (χ2n) is 6.13. The average Bonchev–Trinajstić information content (AvgIpc) is 3.28. The van der Waals surface area contributed by atoms with Crippen LogP contribution in [-0.4, -0.2) is 48.0 Å². The molecule has 0 unspecified atom stereocenters. The monoisotopic (exact) mass is 315 g/mol. The molecule has 0 bridgehead atoms. The molecule has 2 saturated heterocycles. The van der Waals surface area contributed by atoms with Crippen LogP contribution in [0.3, 0.4) is 0 Å². The summed E-state index contributed by atoms with van der Waals surface area (Å²) in [5.74, 6) is 1.60. The van der Waals surface area contributed by atoms with Gasteiger partial charge in [-0.2, -0.15) is 4.98 Å². The Morgan fingerprint density at radius 1 is 1.17 bits per heavy atom. The topological polar surface area (TPSA) is 60.6 Å². The predicted octanol–water partition coefficient (Wildman–Crippen LogP) is 2.15. The van der Waals surface area contributed by atoms with E-state index in [1.807, 2.05) is 6.07 Å². The van der Waals surface area contributed by atoms with E-state index in [1.54, 1.807) is 0 Å². The molecule has 0 saturated carbocycles. The molecule has 6 heteroatoms.